The molecular weight excluding hydrogens is 418 g/mol. The van der Waals surface area contributed by atoms with Gasteiger partial charge in [0.15, 0.2) is 0 Å². The fourth-order valence-electron chi connectivity index (χ4n) is 3.64. The molecule has 0 spiro atoms. The fourth-order valence-corrected chi connectivity index (χ4v) is 4.25. The maximum Gasteiger partial charge on any atom is 0.309 e. The number of esters is 1. The van der Waals surface area contributed by atoms with Gasteiger partial charge in [-0.05, 0) is 48.1 Å². The lowest BCUT2D eigenvalue weighted by molar-refractivity contribution is -0.139. The highest BCUT2D eigenvalue weighted by molar-refractivity contribution is 9.10. The number of hydrogen-bond donors (Lipinski definition) is 0. The summed E-state index contributed by atoms with van der Waals surface area (Å²) < 4.78 is 11.9. The largest absolute Gasteiger partial charge is 0.469 e. The average Bonchev–Trinajstić information content (AvgIpc) is 3.18. The van der Waals surface area contributed by atoms with Crippen molar-refractivity contribution in [2.45, 2.75) is 45.4 Å². The van der Waals surface area contributed by atoms with Gasteiger partial charge in [0.2, 0.25) is 0 Å². The van der Waals surface area contributed by atoms with Gasteiger partial charge >= 0.3 is 5.97 Å². The van der Waals surface area contributed by atoms with Gasteiger partial charge in [0.05, 0.1) is 19.6 Å². The third kappa shape index (κ3) is 5.90. The van der Waals surface area contributed by atoms with E-state index >= 15 is 0 Å². The van der Waals surface area contributed by atoms with Gasteiger partial charge in [0, 0.05) is 30.7 Å². The molecule has 5 heteroatoms. The van der Waals surface area contributed by atoms with Crippen LogP contribution in [-0.4, -0.2) is 37.2 Å². The topological polar surface area (TPSA) is 38.8 Å². The highest BCUT2D eigenvalue weighted by atomic mass is 79.9. The molecule has 2 aromatic carbocycles. The number of rotatable bonds is 8. The molecule has 0 aromatic heterocycles. The number of benzene rings is 2. The lowest BCUT2D eigenvalue weighted by Crippen LogP contribution is -2.32. The van der Waals surface area contributed by atoms with Gasteiger partial charge in [-0.15, -0.1) is 0 Å². The molecule has 1 saturated heterocycles. The highest BCUT2D eigenvalue weighted by Crippen LogP contribution is 2.23. The molecule has 4 nitrogen and oxygen atoms in total. The van der Waals surface area contributed by atoms with Gasteiger partial charge in [0.1, 0.15) is 0 Å². The molecule has 0 amide bonds. The Balaban J connectivity index is 1.80. The summed E-state index contributed by atoms with van der Waals surface area (Å²) in [7, 11) is 1.43. The number of aryl methyl sites for hydroxylation is 1. The van der Waals surface area contributed by atoms with Crippen LogP contribution in [0, 0.1) is 6.92 Å². The van der Waals surface area contributed by atoms with Crippen LogP contribution >= 0.6 is 15.9 Å². The Bertz CT molecular complexity index is 802. The minimum Gasteiger partial charge on any atom is -0.469 e. The first-order chi connectivity index (χ1) is 13.5. The Kier molecular flexibility index (Phi) is 7.65. The van der Waals surface area contributed by atoms with Crippen LogP contribution in [0.25, 0.3) is 0 Å². The molecule has 1 fully saturated rings. The van der Waals surface area contributed by atoms with Crippen LogP contribution in [-0.2, 0) is 33.8 Å². The Morgan fingerprint density at radius 1 is 1.18 bits per heavy atom. The van der Waals surface area contributed by atoms with Crippen LogP contribution in [0.5, 0.6) is 0 Å². The van der Waals surface area contributed by atoms with Crippen LogP contribution < -0.4 is 0 Å². The second-order valence-corrected chi connectivity index (χ2v) is 8.28. The average molecular weight is 446 g/mol. The minimum atomic E-state index is -0.209. The second-order valence-electron chi connectivity index (χ2n) is 7.42. The van der Waals surface area contributed by atoms with Gasteiger partial charge in [-0.3, -0.25) is 9.69 Å². The normalized spacial score (nSPS) is 16.5. The molecule has 3 rings (SSSR count). The number of halogens is 1. The van der Waals surface area contributed by atoms with Crippen molar-refractivity contribution < 1.29 is 14.3 Å². The van der Waals surface area contributed by atoms with Crippen LogP contribution in [0.4, 0.5) is 0 Å². The molecule has 1 aliphatic rings. The molecule has 2 aromatic rings. The predicted octanol–water partition coefficient (Wildman–Crippen LogP) is 4.65. The van der Waals surface area contributed by atoms with Crippen molar-refractivity contribution in [3.63, 3.8) is 0 Å². The van der Waals surface area contributed by atoms with Crippen LogP contribution in [0.3, 0.4) is 0 Å². The summed E-state index contributed by atoms with van der Waals surface area (Å²) in [6.07, 6.45) is 2.81. The van der Waals surface area contributed by atoms with Crippen molar-refractivity contribution in [3.05, 3.63) is 69.2 Å². The first-order valence-corrected chi connectivity index (χ1v) is 10.6. The van der Waals surface area contributed by atoms with E-state index in [-0.39, 0.29) is 12.1 Å². The number of carbonyl (C=O) groups excluding carboxylic acids is 1. The van der Waals surface area contributed by atoms with Crippen LogP contribution in [0.2, 0.25) is 0 Å². The Morgan fingerprint density at radius 2 is 1.93 bits per heavy atom. The van der Waals surface area contributed by atoms with Gasteiger partial charge in [-0.25, -0.2) is 0 Å². The molecule has 1 aliphatic heterocycles. The first kappa shape index (κ1) is 21.0. The zero-order valence-corrected chi connectivity index (χ0v) is 18.2. The first-order valence-electron chi connectivity index (χ1n) is 9.77. The van der Waals surface area contributed by atoms with Crippen molar-refractivity contribution in [2.24, 2.45) is 0 Å². The quantitative estimate of drug-likeness (QED) is 0.554. The molecule has 28 heavy (non-hydrogen) atoms. The van der Waals surface area contributed by atoms with E-state index in [4.69, 9.17) is 9.47 Å². The van der Waals surface area contributed by atoms with E-state index in [2.05, 4.69) is 52.0 Å². The molecule has 1 unspecified atom stereocenters. The zero-order chi connectivity index (χ0) is 19.9. The van der Waals surface area contributed by atoms with Crippen molar-refractivity contribution in [1.82, 2.24) is 4.90 Å². The van der Waals surface area contributed by atoms with E-state index in [9.17, 15) is 4.79 Å². The Labute approximate surface area is 176 Å². The highest BCUT2D eigenvalue weighted by Gasteiger charge is 2.21. The van der Waals surface area contributed by atoms with Gasteiger partial charge in [-0.1, -0.05) is 52.3 Å². The van der Waals surface area contributed by atoms with E-state index in [0.717, 1.165) is 54.7 Å². The third-order valence-electron chi connectivity index (χ3n) is 5.16. The van der Waals surface area contributed by atoms with Gasteiger partial charge in [0.25, 0.3) is 0 Å². The Hall–Kier alpha value is -1.69. The molecule has 0 radical (unpaired) electrons. The number of methoxy groups -OCH3 is 1. The summed E-state index contributed by atoms with van der Waals surface area (Å²) >= 11 is 3.71. The minimum absolute atomic E-state index is 0.209. The summed E-state index contributed by atoms with van der Waals surface area (Å²) in [6, 6.07) is 14.6. The standard InChI is InChI=1S/C23H28BrNO3/c1-17-9-10-20(22(24)12-17)15-25(16-21-8-5-11-28-21)14-19-7-4-3-6-18(19)13-23(26)27-2/h3-4,6-7,9-10,12,21H,5,8,11,13-16H2,1-2H3. The van der Waals surface area contributed by atoms with Gasteiger partial charge in [-0.2, -0.15) is 0 Å². The molecule has 0 N–H and O–H groups in total. The van der Waals surface area contributed by atoms with Crippen molar-refractivity contribution >= 4 is 21.9 Å². The number of hydrogen-bond acceptors (Lipinski definition) is 4. The third-order valence-corrected chi connectivity index (χ3v) is 5.90. The van der Waals surface area contributed by atoms with E-state index in [0.29, 0.717) is 6.42 Å². The molecule has 1 heterocycles. The molecule has 0 aliphatic carbocycles. The van der Waals surface area contributed by atoms with Gasteiger partial charge < -0.3 is 9.47 Å². The SMILES string of the molecule is COC(=O)Cc1ccccc1CN(Cc1ccc(C)cc1Br)CC1CCCO1. The molecular formula is C23H28BrNO3. The maximum atomic E-state index is 11.8. The number of carbonyl (C=O) groups is 1. The number of ether oxygens (including phenoxy) is 2. The van der Waals surface area contributed by atoms with Crippen molar-refractivity contribution in [2.75, 3.05) is 20.3 Å². The van der Waals surface area contributed by atoms with Crippen LogP contribution in [0.1, 0.15) is 35.1 Å². The van der Waals surface area contributed by atoms with E-state index in [1.54, 1.807) is 0 Å². The fraction of sp³-hybridized carbons (Fsp3) is 0.435. The molecule has 150 valence electrons. The molecule has 0 saturated carbocycles. The lowest BCUT2D eigenvalue weighted by Gasteiger charge is -2.27. The second kappa shape index (κ2) is 10.2. The summed E-state index contributed by atoms with van der Waals surface area (Å²) in [4.78, 5) is 14.2. The van der Waals surface area contributed by atoms with Crippen molar-refractivity contribution in [1.29, 1.82) is 0 Å². The molecule has 1 atom stereocenters. The van der Waals surface area contributed by atoms with E-state index in [1.807, 2.05) is 18.2 Å². The molecule has 0 bridgehead atoms. The smallest absolute Gasteiger partial charge is 0.309 e. The summed E-state index contributed by atoms with van der Waals surface area (Å²) in [6.45, 7) is 5.43. The Morgan fingerprint density at radius 3 is 2.61 bits per heavy atom. The van der Waals surface area contributed by atoms with Crippen molar-refractivity contribution in [3.8, 4) is 0 Å². The van der Waals surface area contributed by atoms with E-state index < -0.39 is 0 Å². The summed E-state index contributed by atoms with van der Waals surface area (Å²) in [5.41, 5.74) is 4.68. The van der Waals surface area contributed by atoms with E-state index in [1.165, 1.54) is 18.2 Å². The summed E-state index contributed by atoms with van der Waals surface area (Å²) in [5, 5.41) is 0. The predicted molar refractivity (Wildman–Crippen MR) is 114 cm³/mol. The summed E-state index contributed by atoms with van der Waals surface area (Å²) in [5.74, 6) is -0.209. The lowest BCUT2D eigenvalue weighted by atomic mass is 10.0. The zero-order valence-electron chi connectivity index (χ0n) is 16.6. The number of nitrogens with zero attached hydrogens (tertiary/aromatic N) is 1. The van der Waals surface area contributed by atoms with Crippen LogP contribution in [0.15, 0.2) is 46.9 Å². The maximum absolute atomic E-state index is 11.8. The monoisotopic (exact) mass is 445 g/mol.